The highest BCUT2D eigenvalue weighted by molar-refractivity contribution is 14.1. The van der Waals surface area contributed by atoms with Crippen molar-refractivity contribution in [2.24, 2.45) is 0 Å². The Bertz CT molecular complexity index is 226. The summed E-state index contributed by atoms with van der Waals surface area (Å²) >= 11 is 3.84. The molecule has 0 N–H and O–H groups in total. The van der Waals surface area contributed by atoms with Crippen molar-refractivity contribution in [2.75, 3.05) is 0 Å². The molecule has 0 fully saturated rings. The average molecular weight is 268 g/mol. The molecule has 0 amide bonds. The quantitative estimate of drug-likeness (QED) is 0.675. The highest BCUT2D eigenvalue weighted by Gasteiger charge is 2.18. The maximum absolute atomic E-state index is 4.05. The fourth-order valence-electron chi connectivity index (χ4n) is 0.508. The highest BCUT2D eigenvalue weighted by atomic mass is 127. The van der Waals surface area contributed by atoms with Crippen molar-refractivity contribution >= 4 is 33.9 Å². The van der Waals surface area contributed by atoms with Gasteiger partial charge in [-0.25, -0.2) is 0 Å². The van der Waals surface area contributed by atoms with Gasteiger partial charge in [0.05, 0.1) is 0 Å². The van der Waals surface area contributed by atoms with Gasteiger partial charge in [-0.3, -0.25) is 0 Å². The first kappa shape index (κ1) is 8.39. The molecular weight excluding hydrogens is 259 g/mol. The fourth-order valence-corrected chi connectivity index (χ4v) is 1.87. The molecule has 0 saturated heterocycles. The molecule has 0 unspecified atom stereocenters. The molecule has 1 heterocycles. The Morgan fingerprint density at radius 3 is 2.10 bits per heavy atom. The van der Waals surface area contributed by atoms with Crippen LogP contribution < -0.4 is 0 Å². The summed E-state index contributed by atoms with van der Waals surface area (Å²) in [5.41, 5.74) is 0.154. The van der Waals surface area contributed by atoms with Crippen LogP contribution in [0.2, 0.25) is 0 Å². The Labute approximate surface area is 78.2 Å². The van der Waals surface area contributed by atoms with Crippen molar-refractivity contribution in [3.8, 4) is 0 Å². The summed E-state index contributed by atoms with van der Waals surface area (Å²) < 4.78 is 1.02. The standard InChI is InChI=1S/C6H9IN2S/c1-6(2,3)4-8-9-5(7)10-4/h1-3H3. The van der Waals surface area contributed by atoms with Crippen molar-refractivity contribution < 1.29 is 0 Å². The van der Waals surface area contributed by atoms with Gasteiger partial charge in [0.25, 0.3) is 0 Å². The number of nitrogens with zero attached hydrogens (tertiary/aromatic N) is 2. The Balaban J connectivity index is 2.96. The topological polar surface area (TPSA) is 25.8 Å². The number of hydrogen-bond donors (Lipinski definition) is 0. The monoisotopic (exact) mass is 268 g/mol. The van der Waals surface area contributed by atoms with E-state index in [9.17, 15) is 0 Å². The van der Waals surface area contributed by atoms with Gasteiger partial charge < -0.3 is 0 Å². The fraction of sp³-hybridized carbons (Fsp3) is 0.667. The highest BCUT2D eigenvalue weighted by Crippen LogP contribution is 2.25. The molecule has 0 aliphatic heterocycles. The van der Waals surface area contributed by atoms with E-state index in [1.54, 1.807) is 11.3 Å². The second-order valence-electron chi connectivity index (χ2n) is 3.11. The maximum atomic E-state index is 4.05. The van der Waals surface area contributed by atoms with Crippen LogP contribution in [0.4, 0.5) is 0 Å². The second-order valence-corrected chi connectivity index (χ2v) is 5.84. The smallest absolute Gasteiger partial charge is 0.142 e. The molecule has 10 heavy (non-hydrogen) atoms. The first-order valence-corrected chi connectivity index (χ1v) is 4.89. The van der Waals surface area contributed by atoms with Gasteiger partial charge in [-0.1, -0.05) is 32.1 Å². The van der Waals surface area contributed by atoms with E-state index in [0.717, 1.165) is 8.02 Å². The van der Waals surface area contributed by atoms with Gasteiger partial charge in [-0.2, -0.15) is 0 Å². The summed E-state index contributed by atoms with van der Waals surface area (Å²) in [6.07, 6.45) is 0. The number of hydrogen-bond acceptors (Lipinski definition) is 3. The zero-order valence-electron chi connectivity index (χ0n) is 6.18. The van der Waals surface area contributed by atoms with E-state index >= 15 is 0 Å². The number of halogens is 1. The van der Waals surface area contributed by atoms with Crippen molar-refractivity contribution in [3.05, 3.63) is 8.02 Å². The third kappa shape index (κ3) is 1.88. The van der Waals surface area contributed by atoms with Gasteiger partial charge in [-0.05, 0) is 22.6 Å². The van der Waals surface area contributed by atoms with Gasteiger partial charge in [-0.15, -0.1) is 10.2 Å². The molecule has 2 nitrogen and oxygen atoms in total. The summed E-state index contributed by atoms with van der Waals surface area (Å²) in [6, 6.07) is 0. The number of rotatable bonds is 0. The van der Waals surface area contributed by atoms with Crippen LogP contribution in [0.1, 0.15) is 25.8 Å². The molecule has 0 bridgehead atoms. The molecule has 0 aliphatic carbocycles. The zero-order valence-corrected chi connectivity index (χ0v) is 9.15. The third-order valence-corrected chi connectivity index (χ3v) is 3.06. The first-order valence-electron chi connectivity index (χ1n) is 2.99. The predicted octanol–water partition coefficient (Wildman–Crippen LogP) is 2.44. The van der Waals surface area contributed by atoms with Gasteiger partial charge in [0, 0.05) is 5.41 Å². The molecular formula is C6H9IN2S. The lowest BCUT2D eigenvalue weighted by atomic mass is 9.98. The van der Waals surface area contributed by atoms with E-state index < -0.39 is 0 Å². The molecule has 1 aromatic rings. The average Bonchev–Trinajstić information content (AvgIpc) is 2.11. The van der Waals surface area contributed by atoms with Crippen LogP contribution >= 0.6 is 33.9 Å². The van der Waals surface area contributed by atoms with E-state index in [4.69, 9.17) is 0 Å². The summed E-state index contributed by atoms with van der Waals surface area (Å²) in [5.74, 6) is 0. The summed E-state index contributed by atoms with van der Waals surface area (Å²) in [6.45, 7) is 6.43. The maximum Gasteiger partial charge on any atom is 0.178 e. The lowest BCUT2D eigenvalue weighted by Crippen LogP contribution is -2.10. The van der Waals surface area contributed by atoms with Gasteiger partial charge in [0.2, 0.25) is 0 Å². The number of aromatic nitrogens is 2. The van der Waals surface area contributed by atoms with E-state index in [2.05, 4.69) is 53.6 Å². The Kier molecular flexibility index (Phi) is 2.29. The van der Waals surface area contributed by atoms with E-state index in [-0.39, 0.29) is 5.41 Å². The normalized spacial score (nSPS) is 12.0. The first-order chi connectivity index (χ1) is 4.50. The van der Waals surface area contributed by atoms with E-state index in [1.165, 1.54) is 0 Å². The molecule has 56 valence electrons. The molecule has 0 saturated carbocycles. The molecule has 0 atom stereocenters. The zero-order chi connectivity index (χ0) is 7.78. The van der Waals surface area contributed by atoms with E-state index in [1.807, 2.05) is 0 Å². The third-order valence-electron chi connectivity index (χ3n) is 1.04. The molecule has 0 aromatic carbocycles. The lowest BCUT2D eigenvalue weighted by Gasteiger charge is -2.11. The minimum absolute atomic E-state index is 0.154. The lowest BCUT2D eigenvalue weighted by molar-refractivity contribution is 0.578. The summed E-state index contributed by atoms with van der Waals surface area (Å²) in [7, 11) is 0. The van der Waals surface area contributed by atoms with Gasteiger partial charge >= 0.3 is 0 Å². The van der Waals surface area contributed by atoms with Crippen molar-refractivity contribution in [3.63, 3.8) is 0 Å². The van der Waals surface area contributed by atoms with Crippen LogP contribution in [0.5, 0.6) is 0 Å². The van der Waals surface area contributed by atoms with Crippen LogP contribution in [0.3, 0.4) is 0 Å². The van der Waals surface area contributed by atoms with Crippen LogP contribution in [-0.4, -0.2) is 10.2 Å². The summed E-state index contributed by atoms with van der Waals surface area (Å²) in [4.78, 5) is 0. The minimum Gasteiger partial charge on any atom is -0.142 e. The molecule has 1 rings (SSSR count). The molecule has 0 aliphatic rings. The van der Waals surface area contributed by atoms with Crippen LogP contribution in [0.15, 0.2) is 0 Å². The Hall–Kier alpha value is 0.290. The summed E-state index contributed by atoms with van der Waals surface area (Å²) in [5, 5.41) is 9.09. The van der Waals surface area contributed by atoms with Crippen LogP contribution in [-0.2, 0) is 5.41 Å². The second kappa shape index (κ2) is 2.73. The van der Waals surface area contributed by atoms with Gasteiger partial charge in [0.1, 0.15) is 5.01 Å². The molecule has 4 heteroatoms. The van der Waals surface area contributed by atoms with Crippen molar-refractivity contribution in [1.29, 1.82) is 0 Å². The Morgan fingerprint density at radius 2 is 1.90 bits per heavy atom. The van der Waals surface area contributed by atoms with Crippen molar-refractivity contribution in [1.82, 2.24) is 10.2 Å². The van der Waals surface area contributed by atoms with E-state index in [0.29, 0.717) is 0 Å². The predicted molar refractivity (Wildman–Crippen MR) is 51.3 cm³/mol. The molecule has 0 radical (unpaired) electrons. The van der Waals surface area contributed by atoms with Crippen LogP contribution in [0.25, 0.3) is 0 Å². The van der Waals surface area contributed by atoms with Crippen molar-refractivity contribution in [2.45, 2.75) is 26.2 Å². The minimum atomic E-state index is 0.154. The molecule has 1 aromatic heterocycles. The van der Waals surface area contributed by atoms with Crippen LogP contribution in [0, 0.1) is 3.01 Å². The van der Waals surface area contributed by atoms with Gasteiger partial charge in [0.15, 0.2) is 3.01 Å². The largest absolute Gasteiger partial charge is 0.178 e. The molecule has 0 spiro atoms. The Morgan fingerprint density at radius 1 is 1.30 bits per heavy atom. The SMILES string of the molecule is CC(C)(C)c1nnc(I)s1.